The van der Waals surface area contributed by atoms with Gasteiger partial charge in [0.15, 0.2) is 18.1 Å². The van der Waals surface area contributed by atoms with Crippen LogP contribution in [0.2, 0.25) is 0 Å². The monoisotopic (exact) mass is 522 g/mol. The Morgan fingerprint density at radius 2 is 2.03 bits per heavy atom. The van der Waals surface area contributed by atoms with Crippen molar-refractivity contribution in [1.29, 1.82) is 0 Å². The van der Waals surface area contributed by atoms with Crippen molar-refractivity contribution in [2.75, 3.05) is 13.7 Å². The number of benzene rings is 2. The molecule has 29 heavy (non-hydrogen) atoms. The minimum absolute atomic E-state index is 0.278. The number of halogens is 2. The van der Waals surface area contributed by atoms with Crippen molar-refractivity contribution in [3.8, 4) is 11.5 Å². The number of fused-ring (bicyclic) bond motifs is 1. The van der Waals surface area contributed by atoms with E-state index in [1.54, 1.807) is 31.2 Å². The predicted molar refractivity (Wildman–Crippen MR) is 117 cm³/mol. The summed E-state index contributed by atoms with van der Waals surface area (Å²) in [7, 11) is 1.47. The Hall–Kier alpha value is -2.72. The molecule has 3 aromatic rings. The zero-order chi connectivity index (χ0) is 21.1. The molecule has 0 saturated heterocycles. The molecule has 0 aliphatic rings. The first-order valence-electron chi connectivity index (χ1n) is 8.32. The number of rotatable bonds is 6. The van der Waals surface area contributed by atoms with Gasteiger partial charge in [0.2, 0.25) is 0 Å². The van der Waals surface area contributed by atoms with E-state index in [4.69, 9.17) is 15.2 Å². The highest BCUT2D eigenvalue weighted by molar-refractivity contribution is 9.10. The van der Waals surface area contributed by atoms with Crippen LogP contribution in [0.1, 0.15) is 11.4 Å². The largest absolute Gasteiger partial charge is 0.493 e. The maximum atomic E-state index is 12.9. The molecule has 0 spiro atoms. The summed E-state index contributed by atoms with van der Waals surface area (Å²) in [6.45, 7) is 1.36. The van der Waals surface area contributed by atoms with E-state index in [1.807, 2.05) is 6.07 Å². The lowest BCUT2D eigenvalue weighted by molar-refractivity contribution is -0.119. The number of aromatic nitrogens is 2. The van der Waals surface area contributed by atoms with Gasteiger partial charge in [-0.3, -0.25) is 9.59 Å². The van der Waals surface area contributed by atoms with Crippen LogP contribution in [0.5, 0.6) is 11.5 Å². The van der Waals surface area contributed by atoms with Gasteiger partial charge >= 0.3 is 0 Å². The molecule has 8 nitrogen and oxygen atoms in total. The second-order valence-corrected chi connectivity index (χ2v) is 7.79. The quantitative estimate of drug-likeness (QED) is 0.499. The second-order valence-electron chi connectivity index (χ2n) is 5.96. The van der Waals surface area contributed by atoms with E-state index in [2.05, 4.69) is 41.9 Å². The van der Waals surface area contributed by atoms with E-state index in [-0.39, 0.29) is 17.9 Å². The lowest BCUT2D eigenvalue weighted by Crippen LogP contribution is -2.21. The summed E-state index contributed by atoms with van der Waals surface area (Å²) in [4.78, 5) is 28.4. The van der Waals surface area contributed by atoms with Crippen LogP contribution in [0.15, 0.2) is 49.2 Å². The van der Waals surface area contributed by atoms with Crippen LogP contribution in [0.25, 0.3) is 10.9 Å². The van der Waals surface area contributed by atoms with Crippen LogP contribution in [0.3, 0.4) is 0 Å². The molecule has 1 heterocycles. The van der Waals surface area contributed by atoms with Gasteiger partial charge in [0.25, 0.3) is 11.5 Å². The first-order chi connectivity index (χ1) is 13.8. The number of hydrogen-bond donors (Lipinski definition) is 1. The molecule has 1 amide bonds. The number of nitrogens with two attached hydrogens (primary N) is 1. The Balaban J connectivity index is 2.11. The second kappa shape index (κ2) is 8.75. The summed E-state index contributed by atoms with van der Waals surface area (Å²) in [6, 6.07) is 8.67. The molecule has 0 aliphatic heterocycles. The number of ether oxygens (including phenoxy) is 2. The fourth-order valence-electron chi connectivity index (χ4n) is 2.65. The van der Waals surface area contributed by atoms with Crippen LogP contribution >= 0.6 is 31.9 Å². The molecule has 0 saturated carbocycles. The number of amides is 1. The molecule has 2 aromatic carbocycles. The number of carbonyl (C=O) groups is 1. The van der Waals surface area contributed by atoms with Gasteiger partial charge in [0, 0.05) is 14.5 Å². The Bertz CT molecular complexity index is 1190. The third-order valence-electron chi connectivity index (χ3n) is 3.91. The van der Waals surface area contributed by atoms with Crippen molar-refractivity contribution < 1.29 is 14.3 Å². The van der Waals surface area contributed by atoms with E-state index in [0.29, 0.717) is 32.5 Å². The van der Waals surface area contributed by atoms with Crippen molar-refractivity contribution >= 4 is 54.9 Å². The van der Waals surface area contributed by atoms with Crippen LogP contribution in [-0.4, -0.2) is 35.5 Å². The number of methoxy groups -OCH3 is 1. The van der Waals surface area contributed by atoms with Crippen LogP contribution in [0, 0.1) is 6.92 Å². The fraction of sp³-hybridized carbons (Fsp3) is 0.158. The van der Waals surface area contributed by atoms with Crippen molar-refractivity contribution in [2.45, 2.75) is 6.92 Å². The number of carbonyl (C=O) groups excluding carboxylic acids is 1. The molecule has 0 atom stereocenters. The topological polar surface area (TPSA) is 109 Å². The first-order valence-corrected chi connectivity index (χ1v) is 9.90. The molecule has 2 N–H and O–H groups in total. The van der Waals surface area contributed by atoms with Crippen molar-refractivity contribution in [3.63, 3.8) is 0 Å². The number of aryl methyl sites for hydroxylation is 1. The van der Waals surface area contributed by atoms with Gasteiger partial charge in [-0.05, 0) is 37.3 Å². The highest BCUT2D eigenvalue weighted by Crippen LogP contribution is 2.34. The number of hydrogen-bond acceptors (Lipinski definition) is 6. The summed E-state index contributed by atoms with van der Waals surface area (Å²) in [5, 5.41) is 4.72. The summed E-state index contributed by atoms with van der Waals surface area (Å²) in [6.07, 6.45) is 1.43. The Morgan fingerprint density at radius 3 is 2.72 bits per heavy atom. The Morgan fingerprint density at radius 1 is 1.28 bits per heavy atom. The molecule has 0 bridgehead atoms. The van der Waals surface area contributed by atoms with Gasteiger partial charge in [-0.15, -0.1) is 0 Å². The average molecular weight is 524 g/mol. The molecule has 1 aromatic heterocycles. The molecule has 10 heteroatoms. The van der Waals surface area contributed by atoms with Crippen LogP contribution in [0.4, 0.5) is 0 Å². The average Bonchev–Trinajstić information content (AvgIpc) is 2.67. The zero-order valence-electron chi connectivity index (χ0n) is 15.5. The van der Waals surface area contributed by atoms with E-state index in [1.165, 1.54) is 18.0 Å². The highest BCUT2D eigenvalue weighted by Gasteiger charge is 2.14. The minimum atomic E-state index is -0.630. The zero-order valence-corrected chi connectivity index (χ0v) is 18.7. The molecule has 3 rings (SSSR count). The fourth-order valence-corrected chi connectivity index (χ4v) is 3.47. The predicted octanol–water partition coefficient (Wildman–Crippen LogP) is 2.98. The summed E-state index contributed by atoms with van der Waals surface area (Å²) in [5.74, 6) is 0.448. The lowest BCUT2D eigenvalue weighted by Gasteiger charge is -2.13. The smallest absolute Gasteiger partial charge is 0.282 e. The van der Waals surface area contributed by atoms with Gasteiger partial charge in [0.1, 0.15) is 5.82 Å². The number of nitrogens with zero attached hydrogens (tertiary/aromatic N) is 3. The van der Waals surface area contributed by atoms with Gasteiger partial charge in [-0.2, -0.15) is 9.78 Å². The third-order valence-corrected chi connectivity index (χ3v) is 4.86. The summed E-state index contributed by atoms with van der Waals surface area (Å²) < 4.78 is 13.5. The van der Waals surface area contributed by atoms with Gasteiger partial charge in [0.05, 0.1) is 24.2 Å². The maximum Gasteiger partial charge on any atom is 0.282 e. The van der Waals surface area contributed by atoms with Crippen LogP contribution in [-0.2, 0) is 4.79 Å². The lowest BCUT2D eigenvalue weighted by atomic mass is 10.2. The van der Waals surface area contributed by atoms with E-state index >= 15 is 0 Å². The number of primary amides is 1. The Kier molecular flexibility index (Phi) is 6.33. The van der Waals surface area contributed by atoms with Crippen molar-refractivity contribution in [3.05, 3.63) is 61.0 Å². The van der Waals surface area contributed by atoms with Gasteiger partial charge < -0.3 is 15.2 Å². The third kappa shape index (κ3) is 4.65. The molecular weight excluding hydrogens is 508 g/mol. The van der Waals surface area contributed by atoms with Gasteiger partial charge in [-0.25, -0.2) is 4.98 Å². The van der Waals surface area contributed by atoms with E-state index in [9.17, 15) is 9.59 Å². The van der Waals surface area contributed by atoms with E-state index < -0.39 is 5.91 Å². The van der Waals surface area contributed by atoms with Gasteiger partial charge in [-0.1, -0.05) is 31.9 Å². The normalized spacial score (nSPS) is 11.2. The maximum absolute atomic E-state index is 12.9. The molecule has 0 aliphatic carbocycles. The first kappa shape index (κ1) is 21.0. The SMILES string of the molecule is COc1cc(Br)cc(C=Nn2c(C)nc3ccc(Br)cc3c2=O)c1OCC(N)=O. The van der Waals surface area contributed by atoms with Crippen molar-refractivity contribution in [2.24, 2.45) is 10.8 Å². The Labute approximate surface area is 182 Å². The standard InChI is InChI=1S/C19H16Br2N4O4/c1-10-24-15-4-3-12(20)6-14(15)19(27)25(10)23-8-11-5-13(21)7-16(28-2)18(11)29-9-17(22)26/h3-8H,9H2,1-2H3,(H2,22,26). The molecule has 0 fully saturated rings. The molecule has 150 valence electrons. The summed E-state index contributed by atoms with van der Waals surface area (Å²) >= 11 is 6.75. The molecular formula is C19H16Br2N4O4. The van der Waals surface area contributed by atoms with Crippen LogP contribution < -0.4 is 20.8 Å². The van der Waals surface area contributed by atoms with E-state index in [0.717, 1.165) is 4.47 Å². The minimum Gasteiger partial charge on any atom is -0.493 e. The van der Waals surface area contributed by atoms with Crippen molar-refractivity contribution in [1.82, 2.24) is 9.66 Å². The molecule has 0 unspecified atom stereocenters. The highest BCUT2D eigenvalue weighted by atomic mass is 79.9. The molecule has 0 radical (unpaired) electrons. The summed E-state index contributed by atoms with van der Waals surface area (Å²) in [5.41, 5.74) is 5.93.